The van der Waals surface area contributed by atoms with Crippen molar-refractivity contribution < 1.29 is 4.43 Å². The Morgan fingerprint density at radius 1 is 1.27 bits per heavy atom. The van der Waals surface area contributed by atoms with Crippen LogP contribution in [0, 0.1) is 6.92 Å². The molecular weight excluding hydrogens is 290 g/mol. The van der Waals surface area contributed by atoms with Gasteiger partial charge in [0.2, 0.25) is 0 Å². The normalized spacial score (nSPS) is 23.6. The molecule has 5 heteroatoms. The summed E-state index contributed by atoms with van der Waals surface area (Å²) >= 11 is 0. The molecule has 1 aromatic heterocycles. The fourth-order valence-electron chi connectivity index (χ4n) is 2.78. The van der Waals surface area contributed by atoms with E-state index in [4.69, 9.17) is 4.43 Å². The highest BCUT2D eigenvalue weighted by Gasteiger charge is 2.41. The van der Waals surface area contributed by atoms with Gasteiger partial charge in [-0.25, -0.2) is 0 Å². The van der Waals surface area contributed by atoms with Crippen molar-refractivity contribution in [3.05, 3.63) is 11.8 Å². The summed E-state index contributed by atoms with van der Waals surface area (Å²) < 4.78 is 8.63. The van der Waals surface area contributed by atoms with Gasteiger partial charge in [-0.3, -0.25) is 4.68 Å². The summed E-state index contributed by atoms with van der Waals surface area (Å²) in [7, 11) is 0.268. The molecule has 2 rings (SSSR count). The van der Waals surface area contributed by atoms with Crippen molar-refractivity contribution in [2.75, 3.05) is 5.32 Å². The van der Waals surface area contributed by atoms with E-state index in [0.29, 0.717) is 12.1 Å². The Kier molecular flexibility index (Phi) is 5.07. The molecule has 1 aromatic rings. The minimum atomic E-state index is -1.72. The van der Waals surface area contributed by atoms with E-state index in [9.17, 15) is 0 Å². The monoisotopic (exact) mass is 323 g/mol. The van der Waals surface area contributed by atoms with E-state index in [1.54, 1.807) is 0 Å². The van der Waals surface area contributed by atoms with Gasteiger partial charge in [0.1, 0.15) is 5.82 Å². The Morgan fingerprint density at radius 3 is 2.45 bits per heavy atom. The van der Waals surface area contributed by atoms with Gasteiger partial charge >= 0.3 is 0 Å². The molecule has 4 nitrogen and oxygen atoms in total. The summed E-state index contributed by atoms with van der Waals surface area (Å²) in [6.45, 7) is 13.7. The van der Waals surface area contributed by atoms with Crippen molar-refractivity contribution in [2.45, 2.75) is 83.7 Å². The van der Waals surface area contributed by atoms with Crippen molar-refractivity contribution in [1.29, 1.82) is 0 Å². The minimum Gasteiger partial charge on any atom is -0.412 e. The van der Waals surface area contributed by atoms with Crippen LogP contribution in [0.4, 0.5) is 5.82 Å². The van der Waals surface area contributed by atoms with Gasteiger partial charge in [-0.2, -0.15) is 5.10 Å². The van der Waals surface area contributed by atoms with E-state index in [2.05, 4.69) is 57.3 Å². The van der Waals surface area contributed by atoms with Crippen LogP contribution in [0.25, 0.3) is 0 Å². The molecule has 2 atom stereocenters. The van der Waals surface area contributed by atoms with E-state index in [0.717, 1.165) is 12.2 Å². The van der Waals surface area contributed by atoms with Crippen molar-refractivity contribution in [3.63, 3.8) is 0 Å². The molecule has 1 heterocycles. The average Bonchev–Trinajstić information content (AvgIpc) is 2.69. The predicted molar refractivity (Wildman–Crippen MR) is 95.9 cm³/mol. The fourth-order valence-corrected chi connectivity index (χ4v) is 4.17. The maximum atomic E-state index is 6.71. The van der Waals surface area contributed by atoms with Crippen LogP contribution in [0.15, 0.2) is 6.07 Å². The highest BCUT2D eigenvalue weighted by atomic mass is 28.4. The van der Waals surface area contributed by atoms with Crippen molar-refractivity contribution in [2.24, 2.45) is 7.05 Å². The average molecular weight is 324 g/mol. The van der Waals surface area contributed by atoms with Gasteiger partial charge in [-0.05, 0) is 37.9 Å². The number of anilines is 1. The third-order valence-corrected chi connectivity index (χ3v) is 9.91. The summed E-state index contributed by atoms with van der Waals surface area (Å²) in [4.78, 5) is 0. The third kappa shape index (κ3) is 3.93. The Labute approximate surface area is 136 Å². The highest BCUT2D eigenvalue weighted by Crippen LogP contribution is 2.39. The van der Waals surface area contributed by atoms with Gasteiger partial charge < -0.3 is 9.74 Å². The standard InChI is InChI=1S/C17H33N3OSi/c1-13-12-16(19-20(13)5)18-14-10-8-9-11-15(14)21-22(6,7)17(2,3)4/h12,14-15H,8-11H2,1-7H3,(H,18,19)/t14-,15-/m0/s1. The highest BCUT2D eigenvalue weighted by molar-refractivity contribution is 6.74. The molecule has 0 aromatic carbocycles. The zero-order chi connectivity index (χ0) is 16.5. The van der Waals surface area contributed by atoms with E-state index < -0.39 is 8.32 Å². The molecule has 1 aliphatic rings. The summed E-state index contributed by atoms with van der Waals surface area (Å²) in [5, 5.41) is 8.44. The molecule has 1 saturated carbocycles. The zero-order valence-electron chi connectivity index (χ0n) is 15.4. The number of aryl methyl sites for hydroxylation is 2. The molecule has 1 aliphatic carbocycles. The van der Waals surface area contributed by atoms with Crippen LogP contribution in [0.1, 0.15) is 52.1 Å². The van der Waals surface area contributed by atoms with Crippen LogP contribution in [0.2, 0.25) is 18.1 Å². The quantitative estimate of drug-likeness (QED) is 0.831. The number of hydrogen-bond acceptors (Lipinski definition) is 3. The molecule has 0 saturated heterocycles. The van der Waals surface area contributed by atoms with Crippen LogP contribution in [0.5, 0.6) is 0 Å². The second kappa shape index (κ2) is 6.36. The molecule has 0 spiro atoms. The largest absolute Gasteiger partial charge is 0.412 e. The molecule has 126 valence electrons. The first-order chi connectivity index (χ1) is 10.1. The van der Waals surface area contributed by atoms with Crippen LogP contribution in [-0.2, 0) is 11.5 Å². The molecule has 0 amide bonds. The van der Waals surface area contributed by atoms with Crippen molar-refractivity contribution in [3.8, 4) is 0 Å². The lowest BCUT2D eigenvalue weighted by molar-refractivity contribution is 0.124. The second-order valence-corrected chi connectivity index (χ2v) is 13.0. The molecule has 0 aliphatic heterocycles. The molecule has 1 fully saturated rings. The molecule has 22 heavy (non-hydrogen) atoms. The number of nitrogens with zero attached hydrogens (tertiary/aromatic N) is 2. The van der Waals surface area contributed by atoms with Crippen LogP contribution >= 0.6 is 0 Å². The SMILES string of the molecule is Cc1cc(N[C@H]2CCCC[C@@H]2O[Si](C)(C)C(C)(C)C)nn1C. The first kappa shape index (κ1) is 17.5. The maximum absolute atomic E-state index is 6.71. The van der Waals surface area contributed by atoms with E-state index in [-0.39, 0.29) is 5.04 Å². The first-order valence-corrected chi connectivity index (χ1v) is 11.5. The summed E-state index contributed by atoms with van der Waals surface area (Å²) in [6.07, 6.45) is 5.21. The zero-order valence-corrected chi connectivity index (χ0v) is 16.4. The molecule has 0 radical (unpaired) electrons. The fraction of sp³-hybridized carbons (Fsp3) is 0.824. The van der Waals surface area contributed by atoms with Gasteiger partial charge in [-0.15, -0.1) is 0 Å². The lowest BCUT2D eigenvalue weighted by Gasteiger charge is -2.43. The number of rotatable bonds is 4. The summed E-state index contributed by atoms with van der Waals surface area (Å²) in [6, 6.07) is 2.51. The molecular formula is C17H33N3OSi. The van der Waals surface area contributed by atoms with E-state index in [1.165, 1.54) is 25.0 Å². The Balaban J connectivity index is 2.08. The Hall–Kier alpha value is -0.813. The van der Waals surface area contributed by atoms with Gasteiger partial charge in [0, 0.05) is 18.8 Å². The molecule has 1 N–H and O–H groups in total. The first-order valence-electron chi connectivity index (χ1n) is 8.55. The maximum Gasteiger partial charge on any atom is 0.192 e. The minimum absolute atomic E-state index is 0.260. The number of aromatic nitrogens is 2. The van der Waals surface area contributed by atoms with Gasteiger partial charge in [-0.1, -0.05) is 33.6 Å². The van der Waals surface area contributed by atoms with Gasteiger partial charge in [0.05, 0.1) is 12.1 Å². The lowest BCUT2D eigenvalue weighted by atomic mass is 9.92. The summed E-state index contributed by atoms with van der Waals surface area (Å²) in [5.74, 6) is 0.982. The van der Waals surface area contributed by atoms with Gasteiger partial charge in [0.15, 0.2) is 8.32 Å². The second-order valence-electron chi connectivity index (χ2n) is 8.25. The summed E-state index contributed by atoms with van der Waals surface area (Å²) in [5.41, 5.74) is 1.18. The van der Waals surface area contributed by atoms with Crippen LogP contribution < -0.4 is 5.32 Å². The van der Waals surface area contributed by atoms with Crippen molar-refractivity contribution in [1.82, 2.24) is 9.78 Å². The smallest absolute Gasteiger partial charge is 0.192 e. The Bertz CT molecular complexity index is 485. The third-order valence-electron chi connectivity index (χ3n) is 5.40. The predicted octanol–water partition coefficient (Wildman–Crippen LogP) is 4.47. The van der Waals surface area contributed by atoms with Crippen LogP contribution in [0.3, 0.4) is 0 Å². The Morgan fingerprint density at radius 2 is 1.91 bits per heavy atom. The van der Waals surface area contributed by atoms with E-state index in [1.807, 2.05) is 11.7 Å². The number of hydrogen-bond donors (Lipinski definition) is 1. The van der Waals surface area contributed by atoms with Crippen molar-refractivity contribution >= 4 is 14.1 Å². The van der Waals surface area contributed by atoms with Gasteiger partial charge in [0.25, 0.3) is 0 Å². The number of nitrogens with one attached hydrogen (secondary N) is 1. The van der Waals surface area contributed by atoms with E-state index >= 15 is 0 Å². The molecule has 0 unspecified atom stereocenters. The lowest BCUT2D eigenvalue weighted by Crippen LogP contribution is -2.49. The molecule has 0 bridgehead atoms. The van der Waals surface area contributed by atoms with Crippen LogP contribution in [-0.4, -0.2) is 30.2 Å². The topological polar surface area (TPSA) is 39.1 Å².